The molecule has 0 heteroatoms. The second-order valence-corrected chi connectivity index (χ2v) is 6.90. The van der Waals surface area contributed by atoms with Crippen molar-refractivity contribution in [3.63, 3.8) is 0 Å². The van der Waals surface area contributed by atoms with E-state index in [0.29, 0.717) is 5.92 Å². The molecule has 1 aliphatic rings. The van der Waals surface area contributed by atoms with Crippen LogP contribution in [0.5, 0.6) is 0 Å². The molecule has 0 amide bonds. The molecule has 0 aromatic heterocycles. The molecule has 0 spiro atoms. The van der Waals surface area contributed by atoms with E-state index in [1.807, 2.05) is 0 Å². The summed E-state index contributed by atoms with van der Waals surface area (Å²) in [5.41, 5.74) is 10.9. The van der Waals surface area contributed by atoms with E-state index in [1.54, 1.807) is 0 Å². The zero-order valence-corrected chi connectivity index (χ0v) is 15.9. The lowest BCUT2D eigenvalue weighted by Gasteiger charge is -2.15. The van der Waals surface area contributed by atoms with Crippen molar-refractivity contribution in [3.8, 4) is 0 Å². The van der Waals surface area contributed by atoms with Crippen LogP contribution in [0, 0.1) is 5.92 Å². The van der Waals surface area contributed by atoms with Gasteiger partial charge < -0.3 is 0 Å². The largest absolute Gasteiger partial charge is 0.0588 e. The molecule has 0 aromatic carbocycles. The molecular formula is C22H32. The Morgan fingerprint density at radius 1 is 0.636 bits per heavy atom. The Morgan fingerprint density at radius 3 is 1.73 bits per heavy atom. The van der Waals surface area contributed by atoms with Gasteiger partial charge in [-0.1, -0.05) is 43.7 Å². The Kier molecular flexibility index (Phi) is 6.41. The van der Waals surface area contributed by atoms with Crippen LogP contribution < -0.4 is 0 Å². The van der Waals surface area contributed by atoms with Crippen LogP contribution in [0.2, 0.25) is 0 Å². The SMILES string of the molecule is CC1=CC(C(C)C)=C(C)C=CC(C)=C(C)C(C)=C(C)C(C)=C1. The predicted molar refractivity (Wildman–Crippen MR) is 101 cm³/mol. The van der Waals surface area contributed by atoms with E-state index in [2.05, 4.69) is 86.6 Å². The molecule has 0 unspecified atom stereocenters. The van der Waals surface area contributed by atoms with Crippen LogP contribution in [-0.2, 0) is 0 Å². The number of allylic oxidation sites excluding steroid dienone is 12. The van der Waals surface area contributed by atoms with Crippen molar-refractivity contribution in [3.05, 3.63) is 68.9 Å². The van der Waals surface area contributed by atoms with Crippen LogP contribution in [0.4, 0.5) is 0 Å². The summed E-state index contributed by atoms with van der Waals surface area (Å²) in [4.78, 5) is 0. The highest BCUT2D eigenvalue weighted by Gasteiger charge is 2.07. The summed E-state index contributed by atoms with van der Waals surface area (Å²) in [6.07, 6.45) is 9.17. The van der Waals surface area contributed by atoms with Gasteiger partial charge in [0.05, 0.1) is 0 Å². The minimum Gasteiger partial charge on any atom is -0.0588 e. The standard InChI is InChI=1S/C22H32/c1-14(2)22-13-15(3)12-18(6)20(8)21(9)19(7)16(4)10-11-17(22)5/h10-14H,1-9H3. The van der Waals surface area contributed by atoms with Gasteiger partial charge in [-0.25, -0.2) is 0 Å². The molecule has 0 radical (unpaired) electrons. The fourth-order valence-corrected chi connectivity index (χ4v) is 2.82. The van der Waals surface area contributed by atoms with E-state index < -0.39 is 0 Å². The van der Waals surface area contributed by atoms with Crippen LogP contribution in [-0.4, -0.2) is 0 Å². The Labute approximate surface area is 137 Å². The maximum Gasteiger partial charge on any atom is -0.0216 e. The Hall–Kier alpha value is -1.56. The van der Waals surface area contributed by atoms with Crippen LogP contribution in [0.25, 0.3) is 0 Å². The summed E-state index contributed by atoms with van der Waals surface area (Å²) >= 11 is 0. The minimum absolute atomic E-state index is 0.528. The molecule has 1 rings (SSSR count). The lowest BCUT2D eigenvalue weighted by atomic mass is 9.91. The first-order chi connectivity index (χ1) is 10.1. The van der Waals surface area contributed by atoms with Gasteiger partial charge in [0.2, 0.25) is 0 Å². The Bertz CT molecular complexity index is 623. The van der Waals surface area contributed by atoms with Crippen LogP contribution in [0.15, 0.2) is 68.9 Å². The molecule has 120 valence electrons. The van der Waals surface area contributed by atoms with Crippen molar-refractivity contribution in [1.82, 2.24) is 0 Å². The summed E-state index contributed by atoms with van der Waals surface area (Å²) in [6, 6.07) is 0. The van der Waals surface area contributed by atoms with Gasteiger partial charge in [0.1, 0.15) is 0 Å². The lowest BCUT2D eigenvalue weighted by molar-refractivity contribution is 0.782. The second-order valence-electron chi connectivity index (χ2n) is 6.90. The van der Waals surface area contributed by atoms with E-state index in [9.17, 15) is 0 Å². The number of hydrogen-bond donors (Lipinski definition) is 0. The molecule has 0 heterocycles. The predicted octanol–water partition coefficient (Wildman–Crippen LogP) is 7.09. The van der Waals surface area contributed by atoms with E-state index >= 15 is 0 Å². The molecule has 1 aliphatic carbocycles. The van der Waals surface area contributed by atoms with Crippen molar-refractivity contribution < 1.29 is 0 Å². The molecule has 0 fully saturated rings. The molecule has 0 aromatic rings. The third kappa shape index (κ3) is 4.47. The monoisotopic (exact) mass is 296 g/mol. The summed E-state index contributed by atoms with van der Waals surface area (Å²) in [7, 11) is 0. The van der Waals surface area contributed by atoms with Crippen molar-refractivity contribution >= 4 is 0 Å². The fourth-order valence-electron chi connectivity index (χ4n) is 2.82. The zero-order chi connectivity index (χ0) is 17.0. The van der Waals surface area contributed by atoms with E-state index in [1.165, 1.54) is 44.6 Å². The first kappa shape index (κ1) is 18.5. The van der Waals surface area contributed by atoms with E-state index in [0.717, 1.165) is 0 Å². The third-order valence-corrected chi connectivity index (χ3v) is 4.80. The Balaban J connectivity index is 3.66. The highest BCUT2D eigenvalue weighted by Crippen LogP contribution is 2.26. The molecule has 0 N–H and O–H groups in total. The van der Waals surface area contributed by atoms with Crippen molar-refractivity contribution in [2.45, 2.75) is 62.3 Å². The summed E-state index contributed by atoms with van der Waals surface area (Å²) in [6.45, 7) is 20.0. The van der Waals surface area contributed by atoms with Crippen LogP contribution in [0.3, 0.4) is 0 Å². The van der Waals surface area contributed by atoms with Gasteiger partial charge >= 0.3 is 0 Å². The smallest absolute Gasteiger partial charge is 0.0216 e. The molecule has 0 saturated carbocycles. The van der Waals surface area contributed by atoms with E-state index in [4.69, 9.17) is 0 Å². The second kappa shape index (κ2) is 7.63. The van der Waals surface area contributed by atoms with Gasteiger partial charge in [-0.3, -0.25) is 0 Å². The highest BCUT2D eigenvalue weighted by atomic mass is 14.1. The molecule has 0 atom stereocenters. The Morgan fingerprint density at radius 2 is 1.18 bits per heavy atom. The van der Waals surface area contributed by atoms with Crippen LogP contribution in [0.1, 0.15) is 62.3 Å². The third-order valence-electron chi connectivity index (χ3n) is 4.80. The average molecular weight is 296 g/mol. The summed E-state index contributed by atoms with van der Waals surface area (Å²) in [5, 5.41) is 0. The minimum atomic E-state index is 0.528. The summed E-state index contributed by atoms with van der Waals surface area (Å²) in [5.74, 6) is 0.528. The number of rotatable bonds is 1. The van der Waals surface area contributed by atoms with Gasteiger partial charge in [-0.15, -0.1) is 0 Å². The highest BCUT2D eigenvalue weighted by molar-refractivity contribution is 5.49. The van der Waals surface area contributed by atoms with Crippen molar-refractivity contribution in [2.75, 3.05) is 0 Å². The first-order valence-corrected chi connectivity index (χ1v) is 8.26. The maximum atomic E-state index is 2.34. The normalized spacial score (nSPS) is 18.5. The first-order valence-electron chi connectivity index (χ1n) is 8.26. The van der Waals surface area contributed by atoms with Gasteiger partial charge in [-0.2, -0.15) is 0 Å². The molecule has 0 bridgehead atoms. The molecule has 0 aliphatic heterocycles. The van der Waals surface area contributed by atoms with E-state index in [-0.39, 0.29) is 0 Å². The van der Waals surface area contributed by atoms with Gasteiger partial charge in [-0.05, 0) is 93.4 Å². The summed E-state index contributed by atoms with van der Waals surface area (Å²) < 4.78 is 0. The zero-order valence-electron chi connectivity index (χ0n) is 15.9. The number of hydrogen-bond acceptors (Lipinski definition) is 0. The fraction of sp³-hybridized carbons (Fsp3) is 0.455. The lowest BCUT2D eigenvalue weighted by Crippen LogP contribution is -1.97. The maximum absolute atomic E-state index is 2.34. The topological polar surface area (TPSA) is 0 Å². The van der Waals surface area contributed by atoms with Gasteiger partial charge in [0.15, 0.2) is 0 Å². The van der Waals surface area contributed by atoms with Gasteiger partial charge in [0, 0.05) is 0 Å². The quantitative estimate of drug-likeness (QED) is 0.484. The molecule has 22 heavy (non-hydrogen) atoms. The molecular weight excluding hydrogens is 264 g/mol. The van der Waals surface area contributed by atoms with Crippen molar-refractivity contribution in [1.29, 1.82) is 0 Å². The molecule has 0 saturated heterocycles. The molecule has 0 nitrogen and oxygen atoms in total. The average Bonchev–Trinajstić information content (AvgIpc) is 2.46. The van der Waals surface area contributed by atoms with Crippen LogP contribution >= 0.6 is 0 Å². The van der Waals surface area contributed by atoms with Crippen molar-refractivity contribution in [2.24, 2.45) is 5.92 Å². The van der Waals surface area contributed by atoms with Gasteiger partial charge in [0.25, 0.3) is 0 Å².